The van der Waals surface area contributed by atoms with Crippen LogP contribution in [0.3, 0.4) is 0 Å². The van der Waals surface area contributed by atoms with Gasteiger partial charge in [0.05, 0.1) is 0 Å². The monoisotopic (exact) mass is 242 g/mol. The topological polar surface area (TPSA) is 25.8 Å². The summed E-state index contributed by atoms with van der Waals surface area (Å²) in [5.74, 6) is 3.30. The summed E-state index contributed by atoms with van der Waals surface area (Å²) in [6.07, 6.45) is 6.55. The zero-order valence-electron chi connectivity index (χ0n) is 8.66. The van der Waals surface area contributed by atoms with Crippen molar-refractivity contribution in [1.82, 2.24) is 10.2 Å². The molecule has 0 saturated heterocycles. The molecule has 1 aromatic rings. The van der Waals surface area contributed by atoms with Crippen LogP contribution in [0.1, 0.15) is 41.6 Å². The quantitative estimate of drug-likeness (QED) is 0.761. The summed E-state index contributed by atoms with van der Waals surface area (Å²) in [6.45, 7) is 0. The van der Waals surface area contributed by atoms with Crippen LogP contribution in [-0.2, 0) is 6.42 Å². The molecule has 82 valence electrons. The molecule has 0 N–H and O–H groups in total. The van der Waals surface area contributed by atoms with Gasteiger partial charge in [0.25, 0.3) is 0 Å². The molecule has 0 bridgehead atoms. The summed E-state index contributed by atoms with van der Waals surface area (Å²) in [4.78, 5) is 0. The van der Waals surface area contributed by atoms with E-state index in [9.17, 15) is 0 Å². The fourth-order valence-corrected chi connectivity index (χ4v) is 4.33. The Bertz CT molecular complexity index is 340. The molecule has 2 aliphatic carbocycles. The Labute approximate surface area is 99.1 Å². The number of fused-ring (bicyclic) bond motifs is 1. The minimum absolute atomic E-state index is 0.659. The summed E-state index contributed by atoms with van der Waals surface area (Å²) in [5.41, 5.74) is 0. The van der Waals surface area contributed by atoms with Crippen LogP contribution < -0.4 is 0 Å². The molecule has 2 atom stereocenters. The Morgan fingerprint density at radius 1 is 1.20 bits per heavy atom. The lowest BCUT2D eigenvalue weighted by atomic mass is 10.0. The smallest absolute Gasteiger partial charge is 0.121 e. The normalized spacial score (nSPS) is 33.8. The highest BCUT2D eigenvalue weighted by atomic mass is 35.5. The second-order valence-corrected chi connectivity index (χ2v) is 6.08. The highest BCUT2D eigenvalue weighted by molar-refractivity contribution is 7.11. The maximum absolute atomic E-state index is 5.70. The van der Waals surface area contributed by atoms with Crippen LogP contribution in [0, 0.1) is 11.8 Å². The Hall–Kier alpha value is -0.150. The number of rotatable bonds is 3. The van der Waals surface area contributed by atoms with Crippen LogP contribution in [0.2, 0.25) is 0 Å². The van der Waals surface area contributed by atoms with Crippen molar-refractivity contribution in [2.75, 3.05) is 5.88 Å². The molecular weight excluding hydrogens is 228 g/mol. The van der Waals surface area contributed by atoms with Gasteiger partial charge in [0.1, 0.15) is 10.0 Å². The van der Waals surface area contributed by atoms with Crippen LogP contribution in [0.4, 0.5) is 0 Å². The third kappa shape index (κ3) is 1.80. The molecule has 0 aliphatic heterocycles. The van der Waals surface area contributed by atoms with E-state index in [4.69, 9.17) is 11.6 Å². The molecule has 2 aliphatic rings. The molecule has 15 heavy (non-hydrogen) atoms. The van der Waals surface area contributed by atoms with E-state index in [0.717, 1.165) is 29.2 Å². The summed E-state index contributed by atoms with van der Waals surface area (Å²) < 4.78 is 0. The zero-order chi connectivity index (χ0) is 10.3. The standard InChI is InChI=1S/C11H15ClN2S/c12-6-5-9-13-14-11(15-9)10-7-3-1-2-4-8(7)10/h7-8,10H,1-6H2. The van der Waals surface area contributed by atoms with Gasteiger partial charge < -0.3 is 0 Å². The van der Waals surface area contributed by atoms with Crippen molar-refractivity contribution in [1.29, 1.82) is 0 Å². The fraction of sp³-hybridized carbons (Fsp3) is 0.818. The van der Waals surface area contributed by atoms with Crippen LogP contribution in [0.25, 0.3) is 0 Å². The van der Waals surface area contributed by atoms with Gasteiger partial charge in [-0.05, 0) is 24.7 Å². The maximum atomic E-state index is 5.70. The lowest BCUT2D eigenvalue weighted by Gasteiger charge is -2.04. The van der Waals surface area contributed by atoms with Gasteiger partial charge in [0.2, 0.25) is 0 Å². The van der Waals surface area contributed by atoms with Gasteiger partial charge in [0, 0.05) is 18.2 Å². The van der Waals surface area contributed by atoms with Crippen molar-refractivity contribution in [2.24, 2.45) is 11.8 Å². The first-order valence-electron chi connectivity index (χ1n) is 5.78. The summed E-state index contributed by atoms with van der Waals surface area (Å²) in [5, 5.41) is 10.9. The summed E-state index contributed by atoms with van der Waals surface area (Å²) in [6, 6.07) is 0. The second kappa shape index (κ2) is 4.02. The van der Waals surface area contributed by atoms with E-state index >= 15 is 0 Å². The molecule has 0 spiro atoms. The number of nitrogens with zero attached hydrogens (tertiary/aromatic N) is 2. The van der Waals surface area contributed by atoms with Gasteiger partial charge in [-0.15, -0.1) is 33.1 Å². The summed E-state index contributed by atoms with van der Waals surface area (Å²) in [7, 11) is 0. The minimum atomic E-state index is 0.659. The molecular formula is C11H15ClN2S. The Balaban J connectivity index is 1.71. The van der Waals surface area contributed by atoms with Crippen molar-refractivity contribution in [3.05, 3.63) is 10.0 Å². The van der Waals surface area contributed by atoms with Crippen molar-refractivity contribution >= 4 is 22.9 Å². The third-order valence-electron chi connectivity index (χ3n) is 3.73. The first-order valence-corrected chi connectivity index (χ1v) is 7.13. The average molecular weight is 243 g/mol. The Morgan fingerprint density at radius 3 is 2.60 bits per heavy atom. The van der Waals surface area contributed by atoms with E-state index in [1.807, 2.05) is 0 Å². The Morgan fingerprint density at radius 2 is 1.93 bits per heavy atom. The molecule has 2 fully saturated rings. The molecule has 1 heterocycles. The van der Waals surface area contributed by atoms with Crippen molar-refractivity contribution < 1.29 is 0 Å². The third-order valence-corrected chi connectivity index (χ3v) is 5.01. The molecule has 2 saturated carbocycles. The number of hydrogen-bond acceptors (Lipinski definition) is 3. The first kappa shape index (κ1) is 10.0. The molecule has 0 aromatic carbocycles. The number of hydrogen-bond donors (Lipinski definition) is 0. The van der Waals surface area contributed by atoms with Crippen molar-refractivity contribution in [2.45, 2.75) is 38.0 Å². The first-order chi connectivity index (χ1) is 7.40. The lowest BCUT2D eigenvalue weighted by Crippen LogP contribution is -1.91. The van der Waals surface area contributed by atoms with Crippen LogP contribution >= 0.6 is 22.9 Å². The van der Waals surface area contributed by atoms with Gasteiger partial charge in [-0.3, -0.25) is 0 Å². The second-order valence-electron chi connectivity index (χ2n) is 4.61. The SMILES string of the molecule is ClCCc1nnc(C2C3CCCCC32)s1. The number of aromatic nitrogens is 2. The number of halogens is 1. The predicted molar refractivity (Wildman–Crippen MR) is 62.5 cm³/mol. The van der Waals surface area contributed by atoms with Gasteiger partial charge in [0.15, 0.2) is 0 Å². The van der Waals surface area contributed by atoms with E-state index in [1.54, 1.807) is 11.3 Å². The molecule has 2 unspecified atom stereocenters. The zero-order valence-corrected chi connectivity index (χ0v) is 10.2. The van der Waals surface area contributed by atoms with Gasteiger partial charge in [-0.2, -0.15) is 0 Å². The lowest BCUT2D eigenvalue weighted by molar-refractivity contribution is 0.480. The maximum Gasteiger partial charge on any atom is 0.121 e. The van der Waals surface area contributed by atoms with Crippen LogP contribution in [0.5, 0.6) is 0 Å². The largest absolute Gasteiger partial charge is 0.144 e. The van der Waals surface area contributed by atoms with Crippen LogP contribution in [0.15, 0.2) is 0 Å². The van der Waals surface area contributed by atoms with E-state index in [-0.39, 0.29) is 0 Å². The Kier molecular flexibility index (Phi) is 2.69. The molecule has 3 rings (SSSR count). The minimum Gasteiger partial charge on any atom is -0.144 e. The molecule has 4 heteroatoms. The molecule has 2 nitrogen and oxygen atoms in total. The molecule has 0 amide bonds. The van der Waals surface area contributed by atoms with Gasteiger partial charge in [-0.25, -0.2) is 0 Å². The van der Waals surface area contributed by atoms with Crippen molar-refractivity contribution in [3.63, 3.8) is 0 Å². The van der Waals surface area contributed by atoms with E-state index in [1.165, 1.54) is 30.7 Å². The van der Waals surface area contributed by atoms with E-state index in [2.05, 4.69) is 10.2 Å². The van der Waals surface area contributed by atoms with Crippen LogP contribution in [-0.4, -0.2) is 16.1 Å². The van der Waals surface area contributed by atoms with E-state index in [0.29, 0.717) is 5.88 Å². The predicted octanol–water partition coefficient (Wildman–Crippen LogP) is 3.22. The number of aryl methyl sites for hydroxylation is 1. The molecule has 0 radical (unpaired) electrons. The van der Waals surface area contributed by atoms with Gasteiger partial charge >= 0.3 is 0 Å². The number of alkyl halides is 1. The van der Waals surface area contributed by atoms with E-state index < -0.39 is 0 Å². The average Bonchev–Trinajstić information content (AvgIpc) is 2.82. The fourth-order valence-electron chi connectivity index (χ4n) is 2.94. The highest BCUT2D eigenvalue weighted by Crippen LogP contribution is 2.61. The molecule has 1 aromatic heterocycles. The van der Waals surface area contributed by atoms with Gasteiger partial charge in [-0.1, -0.05) is 12.8 Å². The highest BCUT2D eigenvalue weighted by Gasteiger charge is 2.52. The van der Waals surface area contributed by atoms with Crippen molar-refractivity contribution in [3.8, 4) is 0 Å². The summed E-state index contributed by atoms with van der Waals surface area (Å²) >= 11 is 7.49.